The van der Waals surface area contributed by atoms with Crippen molar-refractivity contribution in [1.82, 2.24) is 20.1 Å². The molecular formula is C27H36FN7O2. The number of halogens is 1. The summed E-state index contributed by atoms with van der Waals surface area (Å²) in [5, 5.41) is 4.01. The van der Waals surface area contributed by atoms with Crippen molar-refractivity contribution in [2.24, 2.45) is 17.6 Å². The molecule has 0 bridgehead atoms. The van der Waals surface area contributed by atoms with Crippen LogP contribution in [0.15, 0.2) is 41.2 Å². The van der Waals surface area contributed by atoms with Crippen LogP contribution in [0.2, 0.25) is 0 Å². The highest BCUT2D eigenvalue weighted by Gasteiger charge is 2.34. The molecule has 0 unspecified atom stereocenters. The summed E-state index contributed by atoms with van der Waals surface area (Å²) >= 11 is 0. The Hall–Kier alpha value is -3.27. The number of hydrogen-bond donors (Lipinski definition) is 1. The summed E-state index contributed by atoms with van der Waals surface area (Å²) in [7, 11) is 0. The number of aryl methyl sites for hydroxylation is 1. The first-order valence-corrected chi connectivity index (χ1v) is 13.3. The molecule has 9 nitrogen and oxygen atoms in total. The van der Waals surface area contributed by atoms with Gasteiger partial charge in [-0.2, -0.15) is 4.98 Å². The van der Waals surface area contributed by atoms with Crippen molar-refractivity contribution in [3.05, 3.63) is 53.9 Å². The average Bonchev–Trinajstić information content (AvgIpc) is 3.56. The van der Waals surface area contributed by atoms with Crippen LogP contribution in [0.3, 0.4) is 0 Å². The van der Waals surface area contributed by atoms with Gasteiger partial charge in [-0.25, -0.2) is 14.4 Å². The van der Waals surface area contributed by atoms with E-state index in [0.29, 0.717) is 54.8 Å². The number of piperidine rings is 1. The predicted molar refractivity (Wildman–Crippen MR) is 139 cm³/mol. The Morgan fingerprint density at radius 2 is 1.89 bits per heavy atom. The van der Waals surface area contributed by atoms with Gasteiger partial charge in [-0.05, 0) is 42.7 Å². The summed E-state index contributed by atoms with van der Waals surface area (Å²) < 4.78 is 25.6. The van der Waals surface area contributed by atoms with Crippen molar-refractivity contribution in [2.75, 3.05) is 42.6 Å². The first-order valence-electron chi connectivity index (χ1n) is 13.3. The Morgan fingerprint density at radius 1 is 1.14 bits per heavy atom. The van der Waals surface area contributed by atoms with Crippen molar-refractivity contribution in [1.29, 1.82) is 0 Å². The van der Waals surface area contributed by atoms with E-state index >= 15 is 0 Å². The van der Waals surface area contributed by atoms with E-state index in [0.717, 1.165) is 44.6 Å². The summed E-state index contributed by atoms with van der Waals surface area (Å²) in [6, 6.07) is 7.30. The molecule has 2 aliphatic heterocycles. The number of hydrogen-bond acceptors (Lipinski definition) is 9. The largest absolute Gasteiger partial charge is 0.490 e. The van der Waals surface area contributed by atoms with Crippen LogP contribution in [0.25, 0.3) is 0 Å². The highest BCUT2D eigenvalue weighted by Crippen LogP contribution is 2.31. The van der Waals surface area contributed by atoms with Gasteiger partial charge in [-0.3, -0.25) is 0 Å². The number of nitrogens with two attached hydrogens (primary N) is 1. The van der Waals surface area contributed by atoms with Crippen molar-refractivity contribution in [3.63, 3.8) is 0 Å². The van der Waals surface area contributed by atoms with Gasteiger partial charge < -0.3 is 24.8 Å². The lowest BCUT2D eigenvalue weighted by molar-refractivity contribution is 0.219. The van der Waals surface area contributed by atoms with Crippen molar-refractivity contribution in [3.8, 4) is 5.75 Å². The first-order chi connectivity index (χ1) is 18.0. The molecule has 3 aromatic rings. The van der Waals surface area contributed by atoms with Crippen LogP contribution in [0.5, 0.6) is 5.75 Å². The molecule has 10 heteroatoms. The Bertz CT molecular complexity index is 1150. The van der Waals surface area contributed by atoms with Gasteiger partial charge in [0.1, 0.15) is 5.82 Å². The lowest BCUT2D eigenvalue weighted by Gasteiger charge is -2.33. The quantitative estimate of drug-likeness (QED) is 0.461. The van der Waals surface area contributed by atoms with E-state index in [1.165, 1.54) is 6.07 Å². The minimum atomic E-state index is -0.216. The third-order valence-electron chi connectivity index (χ3n) is 7.80. The van der Waals surface area contributed by atoms with E-state index in [-0.39, 0.29) is 17.8 Å². The van der Waals surface area contributed by atoms with Crippen LogP contribution in [-0.2, 0) is 6.42 Å². The number of ether oxygens (including phenoxy) is 1. The van der Waals surface area contributed by atoms with Crippen LogP contribution < -0.4 is 20.3 Å². The molecule has 1 aromatic carbocycles. The maximum atomic E-state index is 14.3. The van der Waals surface area contributed by atoms with Crippen LogP contribution >= 0.6 is 0 Å². The van der Waals surface area contributed by atoms with Crippen LogP contribution in [0, 0.1) is 17.7 Å². The summed E-state index contributed by atoms with van der Waals surface area (Å²) in [6.07, 6.45) is 7.39. The molecule has 37 heavy (non-hydrogen) atoms. The van der Waals surface area contributed by atoms with Gasteiger partial charge in [0.15, 0.2) is 11.6 Å². The molecule has 3 atom stereocenters. The maximum Gasteiger partial charge on any atom is 0.324 e. The Morgan fingerprint density at radius 3 is 2.59 bits per heavy atom. The Labute approximate surface area is 217 Å². The van der Waals surface area contributed by atoms with E-state index < -0.39 is 0 Å². The second-order valence-corrected chi connectivity index (χ2v) is 10.2. The fraction of sp³-hybridized carbons (Fsp3) is 0.556. The molecule has 4 heterocycles. The minimum absolute atomic E-state index is 0.0881. The van der Waals surface area contributed by atoms with E-state index in [1.807, 2.05) is 17.9 Å². The molecule has 2 N–H and O–H groups in total. The van der Waals surface area contributed by atoms with Crippen LogP contribution in [0.4, 0.5) is 16.4 Å². The highest BCUT2D eigenvalue weighted by atomic mass is 19.1. The fourth-order valence-electron chi connectivity index (χ4n) is 5.42. The van der Waals surface area contributed by atoms with Crippen LogP contribution in [-0.4, -0.2) is 58.9 Å². The van der Waals surface area contributed by atoms with Gasteiger partial charge in [0.25, 0.3) is 0 Å². The Balaban J connectivity index is 1.06. The lowest BCUT2D eigenvalue weighted by Crippen LogP contribution is -2.36. The van der Waals surface area contributed by atoms with Gasteiger partial charge in [-0.15, -0.1) is 0 Å². The molecule has 5 rings (SSSR count). The topological polar surface area (TPSA) is 106 Å². The van der Waals surface area contributed by atoms with Crippen molar-refractivity contribution < 1.29 is 13.7 Å². The third kappa shape index (κ3) is 5.84. The van der Waals surface area contributed by atoms with E-state index in [9.17, 15) is 4.39 Å². The lowest BCUT2D eigenvalue weighted by atomic mass is 9.84. The predicted octanol–water partition coefficient (Wildman–Crippen LogP) is 3.81. The molecule has 2 saturated heterocycles. The van der Waals surface area contributed by atoms with Crippen molar-refractivity contribution >= 4 is 12.0 Å². The summed E-state index contributed by atoms with van der Waals surface area (Å²) in [5.41, 5.74) is 6.99. The Kier molecular flexibility index (Phi) is 7.83. The van der Waals surface area contributed by atoms with Gasteiger partial charge in [-0.1, -0.05) is 37.2 Å². The molecule has 2 aromatic heterocycles. The molecule has 0 aliphatic carbocycles. The number of rotatable bonds is 9. The number of nitrogens with zero attached hydrogens (tertiary/aromatic N) is 6. The van der Waals surface area contributed by atoms with E-state index in [4.69, 9.17) is 15.0 Å². The SMILES string of the molecule is CCc1noc(N2CCC([C@H](C)CCOc3cnc(N4C[C@H](c5ccccc5F)[C@@H](N)C4)nc3)CC2)n1. The van der Waals surface area contributed by atoms with E-state index in [2.05, 4.69) is 31.9 Å². The number of benzene rings is 1. The fourth-order valence-corrected chi connectivity index (χ4v) is 5.42. The van der Waals surface area contributed by atoms with Gasteiger partial charge in [0.2, 0.25) is 5.95 Å². The molecule has 2 aliphatic rings. The van der Waals surface area contributed by atoms with Crippen LogP contribution in [0.1, 0.15) is 50.4 Å². The zero-order valence-corrected chi connectivity index (χ0v) is 21.6. The molecule has 0 amide bonds. The van der Waals surface area contributed by atoms with Gasteiger partial charge >= 0.3 is 6.01 Å². The average molecular weight is 510 g/mol. The zero-order chi connectivity index (χ0) is 25.8. The molecule has 2 fully saturated rings. The van der Waals surface area contributed by atoms with Gasteiger partial charge in [0.05, 0.1) is 19.0 Å². The first kappa shape index (κ1) is 25.4. The highest BCUT2D eigenvalue weighted by molar-refractivity contribution is 5.38. The standard InChI is InChI=1S/C27H36FN7O2/c1-3-25-32-27(37-33-25)34-11-8-19(9-12-34)18(2)10-13-36-20-14-30-26(31-15-20)35-16-22(24(29)17-35)21-6-4-5-7-23(21)28/h4-7,14-15,18-19,22,24H,3,8-13,16-17,29H2,1-2H3/t18-,22-,24+/m1/s1. The molecule has 0 saturated carbocycles. The van der Waals surface area contributed by atoms with E-state index in [1.54, 1.807) is 24.5 Å². The second-order valence-electron chi connectivity index (χ2n) is 10.2. The monoisotopic (exact) mass is 509 g/mol. The van der Waals surface area contributed by atoms with Gasteiger partial charge in [0, 0.05) is 44.6 Å². The summed E-state index contributed by atoms with van der Waals surface area (Å²) in [5.74, 6) is 2.90. The minimum Gasteiger partial charge on any atom is -0.490 e. The molecule has 0 radical (unpaired) electrons. The van der Waals surface area contributed by atoms with Crippen molar-refractivity contribution in [2.45, 2.75) is 51.5 Å². The second kappa shape index (κ2) is 11.4. The summed E-state index contributed by atoms with van der Waals surface area (Å²) in [4.78, 5) is 17.6. The maximum absolute atomic E-state index is 14.3. The smallest absolute Gasteiger partial charge is 0.324 e. The third-order valence-corrected chi connectivity index (χ3v) is 7.80. The molecule has 198 valence electrons. The number of aromatic nitrogens is 4. The summed E-state index contributed by atoms with van der Waals surface area (Å²) in [6.45, 7) is 8.00. The molecular weight excluding hydrogens is 473 g/mol. The zero-order valence-electron chi connectivity index (χ0n) is 21.6. The normalized spacial score (nSPS) is 21.4. The number of anilines is 2. The molecule has 0 spiro atoms.